The molecule has 0 saturated carbocycles. The van der Waals surface area contributed by atoms with E-state index in [0.29, 0.717) is 23.7 Å². The molecule has 1 unspecified atom stereocenters. The highest BCUT2D eigenvalue weighted by Crippen LogP contribution is 2.42. The molecule has 1 aromatic heterocycles. The molecule has 0 radical (unpaired) electrons. The molecule has 3 aromatic rings. The zero-order valence-corrected chi connectivity index (χ0v) is 17.5. The second-order valence-electron chi connectivity index (χ2n) is 7.16. The third-order valence-corrected chi connectivity index (χ3v) is 5.17. The summed E-state index contributed by atoms with van der Waals surface area (Å²) in [6, 6.07) is 15.9. The monoisotopic (exact) mass is 445 g/mol. The summed E-state index contributed by atoms with van der Waals surface area (Å²) in [5.41, 5.74) is 0.626. The molecule has 0 bridgehead atoms. The summed E-state index contributed by atoms with van der Waals surface area (Å²) in [7, 11) is 0. The number of carbonyl (C=O) groups is 2. The van der Waals surface area contributed by atoms with E-state index >= 15 is 0 Å². The predicted octanol–water partition coefficient (Wildman–Crippen LogP) is 4.01. The number of nitro benzene ring substituents is 1. The molecule has 33 heavy (non-hydrogen) atoms. The largest absolute Gasteiger partial charge is 0.507 e. The van der Waals surface area contributed by atoms with Crippen molar-refractivity contribution >= 4 is 28.8 Å². The number of Topliss-reactive ketones (excluding diaryl/α,β-unsaturated/α-hetero) is 1. The lowest BCUT2D eigenvalue weighted by Gasteiger charge is -2.25. The molecule has 1 N–H and O–H groups in total. The van der Waals surface area contributed by atoms with Crippen molar-refractivity contribution < 1.29 is 24.4 Å². The second-order valence-corrected chi connectivity index (χ2v) is 7.16. The topological polar surface area (TPSA) is 123 Å². The quantitative estimate of drug-likeness (QED) is 0.200. The van der Waals surface area contributed by atoms with Crippen LogP contribution in [0.1, 0.15) is 24.2 Å². The van der Waals surface area contributed by atoms with Crippen molar-refractivity contribution in [2.45, 2.75) is 13.0 Å². The first-order chi connectivity index (χ1) is 15.9. The van der Waals surface area contributed by atoms with E-state index in [-0.39, 0.29) is 16.8 Å². The Morgan fingerprint density at radius 3 is 2.52 bits per heavy atom. The van der Waals surface area contributed by atoms with Gasteiger partial charge in [-0.2, -0.15) is 0 Å². The highest BCUT2D eigenvalue weighted by molar-refractivity contribution is 6.51. The number of benzene rings is 2. The number of aliphatic hydroxyl groups is 1. The molecule has 2 aromatic carbocycles. The average Bonchev–Trinajstić information content (AvgIpc) is 3.10. The zero-order valence-electron chi connectivity index (χ0n) is 17.5. The van der Waals surface area contributed by atoms with Crippen LogP contribution in [0.15, 0.2) is 78.5 Å². The van der Waals surface area contributed by atoms with E-state index in [4.69, 9.17) is 4.74 Å². The van der Waals surface area contributed by atoms with Crippen molar-refractivity contribution in [3.63, 3.8) is 0 Å². The number of non-ortho nitro benzene ring substituents is 1. The fourth-order valence-corrected chi connectivity index (χ4v) is 3.70. The maximum Gasteiger partial charge on any atom is 0.300 e. The lowest BCUT2D eigenvalue weighted by atomic mass is 9.98. The first-order valence-corrected chi connectivity index (χ1v) is 10.1. The van der Waals surface area contributed by atoms with Gasteiger partial charge in [0.25, 0.3) is 17.4 Å². The lowest BCUT2D eigenvalue weighted by molar-refractivity contribution is -0.384. The molecule has 0 aliphatic carbocycles. The van der Waals surface area contributed by atoms with Gasteiger partial charge in [-0.05, 0) is 43.3 Å². The number of aromatic nitrogens is 1. The molecular weight excluding hydrogens is 426 g/mol. The molecule has 4 rings (SSSR count). The highest BCUT2D eigenvalue weighted by atomic mass is 16.6. The molecule has 1 amide bonds. The summed E-state index contributed by atoms with van der Waals surface area (Å²) in [6.07, 6.45) is 1.53. The Morgan fingerprint density at radius 2 is 1.88 bits per heavy atom. The fourth-order valence-electron chi connectivity index (χ4n) is 3.70. The first-order valence-electron chi connectivity index (χ1n) is 10.1. The zero-order chi connectivity index (χ0) is 23.5. The van der Waals surface area contributed by atoms with Crippen LogP contribution in [-0.2, 0) is 9.59 Å². The number of ether oxygens (including phenoxy) is 1. The number of pyridine rings is 1. The Hall–Kier alpha value is -4.53. The normalized spacial score (nSPS) is 17.2. The minimum Gasteiger partial charge on any atom is -0.507 e. The summed E-state index contributed by atoms with van der Waals surface area (Å²) in [5.74, 6) is -1.64. The standard InChI is InChI=1S/C24H19N3O6/c1-2-33-18-7-5-6-17(14-18)26-21(19-8-3-4-13-25-19)20(23(29)24(26)30)22(28)15-9-11-16(12-10-15)27(31)32/h3-14,21,28H,2H2,1H3/b22-20+. The van der Waals surface area contributed by atoms with Crippen molar-refractivity contribution in [3.8, 4) is 5.75 Å². The Balaban J connectivity index is 1.88. The molecule has 1 aliphatic heterocycles. The molecular formula is C24H19N3O6. The van der Waals surface area contributed by atoms with Gasteiger partial charge in [-0.25, -0.2) is 0 Å². The molecule has 166 valence electrons. The number of nitro groups is 1. The molecule has 9 heteroatoms. The summed E-state index contributed by atoms with van der Waals surface area (Å²) in [5, 5.41) is 22.0. The maximum atomic E-state index is 13.1. The first kappa shape index (κ1) is 21.7. The highest BCUT2D eigenvalue weighted by Gasteiger charge is 2.47. The number of hydrogen-bond donors (Lipinski definition) is 1. The van der Waals surface area contributed by atoms with Crippen LogP contribution in [0.2, 0.25) is 0 Å². The number of carbonyl (C=O) groups excluding carboxylic acids is 2. The van der Waals surface area contributed by atoms with Gasteiger partial charge in [0.2, 0.25) is 0 Å². The minimum atomic E-state index is -1.00. The molecule has 2 heterocycles. The van der Waals surface area contributed by atoms with E-state index in [1.807, 2.05) is 6.92 Å². The van der Waals surface area contributed by atoms with Crippen molar-refractivity contribution in [1.82, 2.24) is 4.98 Å². The molecule has 1 atom stereocenters. The van der Waals surface area contributed by atoms with Crippen LogP contribution in [0.5, 0.6) is 5.75 Å². The molecule has 1 aliphatic rings. The van der Waals surface area contributed by atoms with Gasteiger partial charge in [-0.3, -0.25) is 29.6 Å². The Morgan fingerprint density at radius 1 is 1.12 bits per heavy atom. The van der Waals surface area contributed by atoms with Crippen molar-refractivity contribution in [2.75, 3.05) is 11.5 Å². The van der Waals surface area contributed by atoms with E-state index in [1.165, 1.54) is 35.4 Å². The Kier molecular flexibility index (Phi) is 5.86. The van der Waals surface area contributed by atoms with E-state index < -0.39 is 28.4 Å². The van der Waals surface area contributed by atoms with Crippen LogP contribution in [0.4, 0.5) is 11.4 Å². The van der Waals surface area contributed by atoms with Gasteiger partial charge in [0.1, 0.15) is 17.6 Å². The van der Waals surface area contributed by atoms with E-state index in [2.05, 4.69) is 4.98 Å². The van der Waals surface area contributed by atoms with Crippen LogP contribution in [0.3, 0.4) is 0 Å². The van der Waals surface area contributed by atoms with Gasteiger partial charge in [-0.15, -0.1) is 0 Å². The lowest BCUT2D eigenvalue weighted by Crippen LogP contribution is -2.29. The van der Waals surface area contributed by atoms with Crippen molar-refractivity contribution in [1.29, 1.82) is 0 Å². The third-order valence-electron chi connectivity index (χ3n) is 5.17. The fraction of sp³-hybridized carbons (Fsp3) is 0.125. The van der Waals surface area contributed by atoms with Crippen molar-refractivity contribution in [2.24, 2.45) is 0 Å². The summed E-state index contributed by atoms with van der Waals surface area (Å²) >= 11 is 0. The summed E-state index contributed by atoms with van der Waals surface area (Å²) in [6.45, 7) is 2.25. The number of hydrogen-bond acceptors (Lipinski definition) is 7. The SMILES string of the molecule is CCOc1cccc(N2C(=O)C(=O)/C(=C(/O)c3ccc([N+](=O)[O-])cc3)C2c2ccccn2)c1. The van der Waals surface area contributed by atoms with E-state index in [1.54, 1.807) is 42.5 Å². The van der Waals surface area contributed by atoms with Crippen LogP contribution >= 0.6 is 0 Å². The number of ketones is 1. The second kappa shape index (κ2) is 8.91. The number of nitrogens with zero attached hydrogens (tertiary/aromatic N) is 3. The molecule has 0 spiro atoms. The Bertz CT molecular complexity index is 1250. The van der Waals surface area contributed by atoms with E-state index in [0.717, 1.165) is 0 Å². The van der Waals surface area contributed by atoms with Gasteiger partial charge in [0.15, 0.2) is 0 Å². The van der Waals surface area contributed by atoms with Gasteiger partial charge >= 0.3 is 0 Å². The van der Waals surface area contributed by atoms with Crippen LogP contribution in [0, 0.1) is 10.1 Å². The van der Waals surface area contributed by atoms with Crippen molar-refractivity contribution in [3.05, 3.63) is 99.9 Å². The summed E-state index contributed by atoms with van der Waals surface area (Å²) < 4.78 is 5.53. The predicted molar refractivity (Wildman–Crippen MR) is 120 cm³/mol. The molecule has 1 saturated heterocycles. The maximum absolute atomic E-state index is 13.1. The average molecular weight is 445 g/mol. The van der Waals surface area contributed by atoms with Gasteiger partial charge < -0.3 is 9.84 Å². The minimum absolute atomic E-state index is 0.158. The number of anilines is 1. The third kappa shape index (κ3) is 4.03. The summed E-state index contributed by atoms with van der Waals surface area (Å²) in [4.78, 5) is 42.2. The van der Waals surface area contributed by atoms with Gasteiger partial charge in [0.05, 0.1) is 22.8 Å². The van der Waals surface area contributed by atoms with Gasteiger partial charge in [-0.1, -0.05) is 12.1 Å². The number of aliphatic hydroxyl groups excluding tert-OH is 1. The van der Waals surface area contributed by atoms with Crippen LogP contribution in [0.25, 0.3) is 5.76 Å². The van der Waals surface area contributed by atoms with E-state index in [9.17, 15) is 24.8 Å². The number of rotatable bonds is 6. The number of amides is 1. The van der Waals surface area contributed by atoms with Crippen LogP contribution < -0.4 is 9.64 Å². The van der Waals surface area contributed by atoms with Gasteiger partial charge in [0, 0.05) is 35.6 Å². The molecule has 1 fully saturated rings. The smallest absolute Gasteiger partial charge is 0.300 e. The molecule has 9 nitrogen and oxygen atoms in total. The van der Waals surface area contributed by atoms with Crippen LogP contribution in [-0.4, -0.2) is 33.3 Å². The Labute approximate surface area is 188 Å².